The predicted molar refractivity (Wildman–Crippen MR) is 83.7 cm³/mol. The van der Waals surface area contributed by atoms with Gasteiger partial charge in [-0.15, -0.1) is 0 Å². The van der Waals surface area contributed by atoms with Crippen LogP contribution in [0, 0.1) is 0 Å². The fourth-order valence-corrected chi connectivity index (χ4v) is 2.59. The van der Waals surface area contributed by atoms with E-state index in [1.54, 1.807) is 6.07 Å². The number of hydrogen-bond acceptors (Lipinski definition) is 1. The van der Waals surface area contributed by atoms with E-state index in [1.165, 1.54) is 0 Å². The summed E-state index contributed by atoms with van der Waals surface area (Å²) in [4.78, 5) is 0. The van der Waals surface area contributed by atoms with Crippen LogP contribution in [0.3, 0.4) is 0 Å². The van der Waals surface area contributed by atoms with Crippen molar-refractivity contribution in [3.05, 3.63) is 64.3 Å². The maximum atomic E-state index is 6.02. The van der Waals surface area contributed by atoms with Crippen LogP contribution in [0.4, 0.5) is 0 Å². The Balaban J connectivity index is 1.86. The van der Waals surface area contributed by atoms with Crippen molar-refractivity contribution >= 4 is 34.1 Å². The Morgan fingerprint density at radius 3 is 2.60 bits per heavy atom. The first-order valence-corrected chi connectivity index (χ1v) is 7.01. The van der Waals surface area contributed by atoms with Crippen LogP contribution in [-0.4, -0.2) is 4.57 Å². The van der Waals surface area contributed by atoms with E-state index in [9.17, 15) is 0 Å². The maximum absolute atomic E-state index is 6.02. The molecule has 0 amide bonds. The number of hydrogen-bond donors (Lipinski definition) is 0. The van der Waals surface area contributed by atoms with E-state index >= 15 is 0 Å². The Labute approximate surface area is 127 Å². The van der Waals surface area contributed by atoms with Gasteiger partial charge < -0.3 is 9.30 Å². The minimum Gasteiger partial charge on any atom is -0.487 e. The topological polar surface area (TPSA) is 14.2 Å². The number of rotatable bonds is 3. The molecule has 2 nitrogen and oxygen atoms in total. The molecule has 3 rings (SSSR count). The third-order valence-corrected chi connectivity index (χ3v) is 3.76. The van der Waals surface area contributed by atoms with Gasteiger partial charge in [0.05, 0.1) is 5.69 Å². The van der Waals surface area contributed by atoms with Gasteiger partial charge in [-0.3, -0.25) is 0 Å². The van der Waals surface area contributed by atoms with E-state index < -0.39 is 0 Å². The molecule has 0 saturated carbocycles. The van der Waals surface area contributed by atoms with E-state index in [0.29, 0.717) is 11.6 Å². The lowest BCUT2D eigenvalue weighted by molar-refractivity contribution is 0.298. The first kappa shape index (κ1) is 13.3. The van der Waals surface area contributed by atoms with Gasteiger partial charge in [-0.25, -0.2) is 0 Å². The number of fused-ring (bicyclic) bond motifs is 1. The Morgan fingerprint density at radius 2 is 1.80 bits per heavy atom. The van der Waals surface area contributed by atoms with Crippen molar-refractivity contribution < 1.29 is 4.74 Å². The summed E-state index contributed by atoms with van der Waals surface area (Å²) in [5, 5.41) is 2.53. The molecule has 1 aromatic heterocycles. The molecule has 0 fully saturated rings. The molecule has 0 spiro atoms. The van der Waals surface area contributed by atoms with Crippen molar-refractivity contribution in [1.82, 2.24) is 4.57 Å². The molecule has 0 saturated heterocycles. The third kappa shape index (κ3) is 2.62. The van der Waals surface area contributed by atoms with Gasteiger partial charge in [-0.2, -0.15) is 0 Å². The summed E-state index contributed by atoms with van der Waals surface area (Å²) in [6.07, 6.45) is 0. The second kappa shape index (κ2) is 5.39. The van der Waals surface area contributed by atoms with Crippen LogP contribution in [0.1, 0.15) is 5.69 Å². The lowest BCUT2D eigenvalue weighted by Crippen LogP contribution is -2.01. The second-order valence-corrected chi connectivity index (χ2v) is 5.52. The molecule has 2 aromatic carbocycles. The second-order valence-electron chi connectivity index (χ2n) is 4.64. The molecule has 0 aliphatic heterocycles. The Hall–Kier alpha value is -1.64. The first-order valence-electron chi connectivity index (χ1n) is 6.26. The summed E-state index contributed by atoms with van der Waals surface area (Å²) in [6, 6.07) is 15.4. The summed E-state index contributed by atoms with van der Waals surface area (Å²) in [7, 11) is 2.02. The minimum atomic E-state index is 0.489. The number of aromatic nitrogens is 1. The normalized spacial score (nSPS) is 10.9. The molecule has 0 bridgehead atoms. The quantitative estimate of drug-likeness (QED) is 0.659. The highest BCUT2D eigenvalue weighted by atomic mass is 35.5. The lowest BCUT2D eigenvalue weighted by atomic mass is 10.2. The van der Waals surface area contributed by atoms with Gasteiger partial charge >= 0.3 is 0 Å². The molecular weight excluding hydrogens is 293 g/mol. The maximum Gasteiger partial charge on any atom is 0.128 e. The zero-order valence-corrected chi connectivity index (χ0v) is 12.4. The average molecular weight is 306 g/mol. The Morgan fingerprint density at radius 1 is 1.00 bits per heavy atom. The van der Waals surface area contributed by atoms with Crippen LogP contribution in [-0.2, 0) is 13.7 Å². The molecular formula is C16H13Cl2NO. The van der Waals surface area contributed by atoms with E-state index in [4.69, 9.17) is 27.9 Å². The third-order valence-electron chi connectivity index (χ3n) is 3.29. The van der Waals surface area contributed by atoms with E-state index in [2.05, 4.69) is 10.6 Å². The molecule has 1 heterocycles. The Bertz CT molecular complexity index is 764. The van der Waals surface area contributed by atoms with Gasteiger partial charge in [-0.05, 0) is 42.5 Å². The molecule has 0 unspecified atom stereocenters. The van der Waals surface area contributed by atoms with Gasteiger partial charge in [0.1, 0.15) is 12.4 Å². The van der Waals surface area contributed by atoms with Crippen molar-refractivity contribution in [1.29, 1.82) is 0 Å². The number of nitrogens with zero attached hydrogens (tertiary/aromatic N) is 1. The van der Waals surface area contributed by atoms with Crippen molar-refractivity contribution in [2.45, 2.75) is 6.61 Å². The highest BCUT2D eigenvalue weighted by molar-refractivity contribution is 6.31. The number of ether oxygens (including phenoxy) is 1. The average Bonchev–Trinajstić information content (AvgIpc) is 2.72. The fraction of sp³-hybridized carbons (Fsp3) is 0.125. The number of aryl methyl sites for hydroxylation is 1. The van der Waals surface area contributed by atoms with Crippen molar-refractivity contribution in [2.24, 2.45) is 7.05 Å². The molecule has 102 valence electrons. The molecule has 0 radical (unpaired) electrons. The van der Waals surface area contributed by atoms with Gasteiger partial charge in [0.25, 0.3) is 0 Å². The number of benzene rings is 2. The Kier molecular flexibility index (Phi) is 3.60. The van der Waals surface area contributed by atoms with E-state index in [1.807, 2.05) is 43.4 Å². The van der Waals surface area contributed by atoms with Gasteiger partial charge in [-0.1, -0.05) is 29.3 Å². The summed E-state index contributed by atoms with van der Waals surface area (Å²) >= 11 is 12.0. The molecule has 0 N–H and O–H groups in total. The standard InChI is InChI=1S/C16H13Cl2NO/c1-19-14(8-11-7-13(18)5-6-16(11)19)10-20-15-4-2-3-12(17)9-15/h2-9H,10H2,1H3. The smallest absolute Gasteiger partial charge is 0.128 e. The number of halogens is 2. The summed E-state index contributed by atoms with van der Waals surface area (Å²) in [6.45, 7) is 0.489. The highest BCUT2D eigenvalue weighted by Gasteiger charge is 2.07. The molecule has 3 aromatic rings. The van der Waals surface area contributed by atoms with Gasteiger partial charge in [0.2, 0.25) is 0 Å². The summed E-state index contributed by atoms with van der Waals surface area (Å²) < 4.78 is 7.88. The molecule has 0 aliphatic rings. The molecule has 0 aliphatic carbocycles. The zero-order valence-electron chi connectivity index (χ0n) is 10.9. The van der Waals surface area contributed by atoms with Crippen LogP contribution in [0.15, 0.2) is 48.5 Å². The monoisotopic (exact) mass is 305 g/mol. The SMILES string of the molecule is Cn1c(COc2cccc(Cl)c2)cc2cc(Cl)ccc21. The predicted octanol–water partition coefficient (Wildman–Crippen LogP) is 5.06. The van der Waals surface area contributed by atoms with Crippen LogP contribution in [0.2, 0.25) is 10.0 Å². The highest BCUT2D eigenvalue weighted by Crippen LogP contribution is 2.24. The van der Waals surface area contributed by atoms with Crippen LogP contribution < -0.4 is 4.74 Å². The minimum absolute atomic E-state index is 0.489. The van der Waals surface area contributed by atoms with Crippen LogP contribution in [0.5, 0.6) is 5.75 Å². The van der Waals surface area contributed by atoms with Crippen molar-refractivity contribution in [3.8, 4) is 5.75 Å². The van der Waals surface area contributed by atoms with Crippen molar-refractivity contribution in [3.63, 3.8) is 0 Å². The van der Waals surface area contributed by atoms with Crippen LogP contribution in [0.25, 0.3) is 10.9 Å². The van der Waals surface area contributed by atoms with Gasteiger partial charge in [0, 0.05) is 28.0 Å². The molecule has 0 atom stereocenters. The van der Waals surface area contributed by atoms with Gasteiger partial charge in [0.15, 0.2) is 0 Å². The zero-order chi connectivity index (χ0) is 14.1. The summed E-state index contributed by atoms with van der Waals surface area (Å²) in [5.41, 5.74) is 2.22. The van der Waals surface area contributed by atoms with Crippen molar-refractivity contribution in [2.75, 3.05) is 0 Å². The molecule has 20 heavy (non-hydrogen) atoms. The van der Waals surface area contributed by atoms with Crippen LogP contribution >= 0.6 is 23.2 Å². The van der Waals surface area contributed by atoms with E-state index in [0.717, 1.165) is 27.4 Å². The lowest BCUT2D eigenvalue weighted by Gasteiger charge is -2.07. The summed E-state index contributed by atoms with van der Waals surface area (Å²) in [5.74, 6) is 0.765. The van der Waals surface area contributed by atoms with E-state index in [-0.39, 0.29) is 0 Å². The molecule has 4 heteroatoms. The largest absolute Gasteiger partial charge is 0.487 e. The fourth-order valence-electron chi connectivity index (χ4n) is 2.23. The first-order chi connectivity index (χ1) is 9.63.